The first kappa shape index (κ1) is 16.0. The van der Waals surface area contributed by atoms with Gasteiger partial charge in [-0.25, -0.2) is 13.2 Å². The molecule has 0 aromatic heterocycles. The predicted octanol–water partition coefficient (Wildman–Crippen LogP) is 2.50. The van der Waals surface area contributed by atoms with Crippen LogP contribution >= 0.6 is 0 Å². The second-order valence-corrected chi connectivity index (χ2v) is 4.73. The molecule has 6 heteroatoms. The van der Waals surface area contributed by atoms with Crippen LogP contribution in [-0.4, -0.2) is 17.6 Å². The summed E-state index contributed by atoms with van der Waals surface area (Å²) in [6.45, 7) is 0.0627. The Hall–Kier alpha value is -2.34. The summed E-state index contributed by atoms with van der Waals surface area (Å²) in [5.74, 6) is -4.68. The molecule has 3 nitrogen and oxygen atoms in total. The fourth-order valence-electron chi connectivity index (χ4n) is 1.97. The molecule has 1 unspecified atom stereocenters. The van der Waals surface area contributed by atoms with Crippen molar-refractivity contribution in [3.8, 4) is 0 Å². The second kappa shape index (κ2) is 7.09. The Bertz CT molecular complexity index is 639. The van der Waals surface area contributed by atoms with E-state index in [4.69, 9.17) is 0 Å². The predicted molar refractivity (Wildman–Crippen MR) is 74.4 cm³/mol. The third kappa shape index (κ3) is 3.85. The fourth-order valence-corrected chi connectivity index (χ4v) is 1.97. The Kier molecular flexibility index (Phi) is 5.16. The number of aliphatic hydroxyl groups excluding tert-OH is 1. The van der Waals surface area contributed by atoms with Gasteiger partial charge in [0.2, 0.25) is 0 Å². The van der Waals surface area contributed by atoms with Gasteiger partial charge in [-0.05, 0) is 29.7 Å². The maximum Gasteiger partial charge on any atom is 0.253 e. The number of hydrogen-bond donors (Lipinski definition) is 2. The molecule has 2 aromatic rings. The van der Waals surface area contributed by atoms with E-state index in [0.717, 1.165) is 12.1 Å². The van der Waals surface area contributed by atoms with E-state index in [-0.39, 0.29) is 18.5 Å². The Morgan fingerprint density at radius 2 is 1.68 bits per heavy atom. The summed E-state index contributed by atoms with van der Waals surface area (Å²) in [5.41, 5.74) is 0.657. The van der Waals surface area contributed by atoms with Gasteiger partial charge < -0.3 is 10.4 Å². The molecule has 1 amide bonds. The van der Waals surface area contributed by atoms with E-state index >= 15 is 0 Å². The monoisotopic (exact) mass is 309 g/mol. The van der Waals surface area contributed by atoms with Gasteiger partial charge in [0.1, 0.15) is 0 Å². The Morgan fingerprint density at radius 1 is 1.09 bits per heavy atom. The summed E-state index contributed by atoms with van der Waals surface area (Å²) >= 11 is 0. The molecule has 116 valence electrons. The van der Waals surface area contributed by atoms with Crippen LogP contribution in [0.15, 0.2) is 42.5 Å². The molecular formula is C16H14F3NO2. The zero-order valence-corrected chi connectivity index (χ0v) is 11.5. The molecule has 0 bridgehead atoms. The smallest absolute Gasteiger partial charge is 0.253 e. The van der Waals surface area contributed by atoms with Gasteiger partial charge >= 0.3 is 0 Å². The molecule has 22 heavy (non-hydrogen) atoms. The minimum atomic E-state index is -1.52. The van der Waals surface area contributed by atoms with Gasteiger partial charge in [-0.15, -0.1) is 0 Å². The summed E-state index contributed by atoms with van der Waals surface area (Å²) in [4.78, 5) is 11.8. The lowest BCUT2D eigenvalue weighted by Crippen LogP contribution is -2.31. The van der Waals surface area contributed by atoms with Crippen molar-refractivity contribution in [1.29, 1.82) is 0 Å². The van der Waals surface area contributed by atoms with E-state index in [1.54, 1.807) is 30.3 Å². The Labute approximate surface area is 125 Å². The number of amides is 1. The number of rotatable bonds is 5. The molecule has 2 aromatic carbocycles. The van der Waals surface area contributed by atoms with Gasteiger partial charge in [-0.2, -0.15) is 0 Å². The van der Waals surface area contributed by atoms with E-state index in [2.05, 4.69) is 5.32 Å². The van der Waals surface area contributed by atoms with Crippen LogP contribution in [-0.2, 0) is 11.2 Å². The van der Waals surface area contributed by atoms with E-state index < -0.39 is 29.5 Å². The number of nitrogens with one attached hydrogen (secondary N) is 1. The van der Waals surface area contributed by atoms with Crippen LogP contribution in [0.5, 0.6) is 0 Å². The molecule has 1 atom stereocenters. The van der Waals surface area contributed by atoms with Crippen molar-refractivity contribution in [2.24, 2.45) is 0 Å². The number of halogens is 3. The third-order valence-electron chi connectivity index (χ3n) is 3.12. The van der Waals surface area contributed by atoms with Crippen LogP contribution in [0, 0.1) is 17.5 Å². The molecule has 0 spiro atoms. The lowest BCUT2D eigenvalue weighted by Gasteiger charge is -2.11. The van der Waals surface area contributed by atoms with Crippen LogP contribution < -0.4 is 5.32 Å². The van der Waals surface area contributed by atoms with Crippen LogP contribution in [0.2, 0.25) is 0 Å². The highest BCUT2D eigenvalue weighted by Crippen LogP contribution is 2.14. The van der Waals surface area contributed by atoms with Gasteiger partial charge in [0.25, 0.3) is 5.91 Å². The van der Waals surface area contributed by atoms with Crippen molar-refractivity contribution in [1.82, 2.24) is 5.32 Å². The van der Waals surface area contributed by atoms with Crippen LogP contribution in [0.1, 0.15) is 17.2 Å². The molecule has 0 fully saturated rings. The molecule has 2 rings (SSSR count). The summed E-state index contributed by atoms with van der Waals surface area (Å²) in [7, 11) is 0. The maximum atomic E-state index is 13.0. The number of benzene rings is 2. The molecule has 0 aliphatic rings. The molecule has 2 N–H and O–H groups in total. The SMILES string of the molecule is O=C(NCCc1cc(F)c(F)c(F)c1)C(O)c1ccccc1. The fraction of sp³-hybridized carbons (Fsp3) is 0.188. The minimum absolute atomic E-state index is 0.0627. The first-order valence-electron chi connectivity index (χ1n) is 6.63. The first-order chi connectivity index (χ1) is 10.5. The van der Waals surface area contributed by atoms with Crippen molar-refractivity contribution < 1.29 is 23.1 Å². The molecule has 0 saturated carbocycles. The summed E-state index contributed by atoms with van der Waals surface area (Å²) in [6.07, 6.45) is -1.20. The van der Waals surface area contributed by atoms with Gasteiger partial charge in [0.15, 0.2) is 23.6 Å². The van der Waals surface area contributed by atoms with E-state index in [0.29, 0.717) is 5.56 Å². The summed E-state index contributed by atoms with van der Waals surface area (Å²) < 4.78 is 38.9. The Morgan fingerprint density at radius 3 is 2.27 bits per heavy atom. The third-order valence-corrected chi connectivity index (χ3v) is 3.12. The van der Waals surface area contributed by atoms with Crippen molar-refractivity contribution in [2.75, 3.05) is 6.54 Å². The molecule has 0 aliphatic heterocycles. The summed E-state index contributed by atoms with van der Waals surface area (Å²) in [6, 6.07) is 10.1. The number of carbonyl (C=O) groups is 1. The highest BCUT2D eigenvalue weighted by Gasteiger charge is 2.16. The average Bonchev–Trinajstić information content (AvgIpc) is 2.52. The van der Waals surface area contributed by atoms with E-state index in [1.165, 1.54) is 0 Å². The molecule has 0 saturated heterocycles. The van der Waals surface area contributed by atoms with Gasteiger partial charge in [0.05, 0.1) is 0 Å². The number of aliphatic hydroxyl groups is 1. The second-order valence-electron chi connectivity index (χ2n) is 4.73. The van der Waals surface area contributed by atoms with Crippen LogP contribution in [0.4, 0.5) is 13.2 Å². The molecule has 0 heterocycles. The summed E-state index contributed by atoms with van der Waals surface area (Å²) in [5, 5.41) is 12.3. The maximum absolute atomic E-state index is 13.0. The quantitative estimate of drug-likeness (QED) is 0.834. The average molecular weight is 309 g/mol. The highest BCUT2D eigenvalue weighted by molar-refractivity contribution is 5.81. The lowest BCUT2D eigenvalue weighted by atomic mass is 10.1. The Balaban J connectivity index is 1.90. The highest BCUT2D eigenvalue weighted by atomic mass is 19.2. The van der Waals surface area contributed by atoms with Gasteiger partial charge in [0, 0.05) is 6.54 Å². The van der Waals surface area contributed by atoms with Crippen molar-refractivity contribution >= 4 is 5.91 Å². The molecule has 0 radical (unpaired) electrons. The van der Waals surface area contributed by atoms with Crippen molar-refractivity contribution in [3.05, 3.63) is 71.0 Å². The van der Waals surface area contributed by atoms with E-state index in [9.17, 15) is 23.1 Å². The zero-order valence-electron chi connectivity index (χ0n) is 11.5. The largest absolute Gasteiger partial charge is 0.378 e. The van der Waals surface area contributed by atoms with Crippen LogP contribution in [0.3, 0.4) is 0 Å². The molecule has 0 aliphatic carbocycles. The zero-order chi connectivity index (χ0) is 16.1. The standard InChI is InChI=1S/C16H14F3NO2/c17-12-8-10(9-13(18)14(12)19)6-7-20-16(22)15(21)11-4-2-1-3-5-11/h1-5,8-9,15,21H,6-7H2,(H,20,22). The van der Waals surface area contributed by atoms with Crippen LogP contribution in [0.25, 0.3) is 0 Å². The lowest BCUT2D eigenvalue weighted by molar-refractivity contribution is -0.129. The van der Waals surface area contributed by atoms with E-state index in [1.807, 2.05) is 0 Å². The number of carbonyl (C=O) groups excluding carboxylic acids is 1. The minimum Gasteiger partial charge on any atom is -0.378 e. The van der Waals surface area contributed by atoms with Crippen molar-refractivity contribution in [3.63, 3.8) is 0 Å². The van der Waals surface area contributed by atoms with Gasteiger partial charge in [-0.3, -0.25) is 4.79 Å². The topological polar surface area (TPSA) is 49.3 Å². The van der Waals surface area contributed by atoms with Crippen molar-refractivity contribution in [2.45, 2.75) is 12.5 Å². The first-order valence-corrected chi connectivity index (χ1v) is 6.63. The molecular weight excluding hydrogens is 295 g/mol. The number of hydrogen-bond acceptors (Lipinski definition) is 2. The normalized spacial score (nSPS) is 12.0. The van der Waals surface area contributed by atoms with Gasteiger partial charge in [-0.1, -0.05) is 30.3 Å².